The molecule has 3 nitrogen and oxygen atoms in total. The van der Waals surface area contributed by atoms with Gasteiger partial charge in [-0.1, -0.05) is 12.1 Å². The number of hydrogen-bond donors (Lipinski definition) is 1. The van der Waals surface area contributed by atoms with Crippen LogP contribution in [0, 0.1) is 5.82 Å². The highest BCUT2D eigenvalue weighted by Crippen LogP contribution is 2.38. The summed E-state index contributed by atoms with van der Waals surface area (Å²) in [5.41, 5.74) is -0.0674. The Kier molecular flexibility index (Phi) is 5.09. The summed E-state index contributed by atoms with van der Waals surface area (Å²) in [7, 11) is 0. The molecule has 0 unspecified atom stereocenters. The molecule has 0 saturated heterocycles. The molecule has 0 spiro atoms. The number of fused-ring (bicyclic) bond motifs is 1. The molecular formula is C19H17F4NO2. The number of aliphatic hydroxyl groups is 1. The number of benzene rings is 1. The van der Waals surface area contributed by atoms with Gasteiger partial charge in [-0.3, -0.25) is 9.78 Å². The van der Waals surface area contributed by atoms with E-state index in [1.165, 1.54) is 6.20 Å². The summed E-state index contributed by atoms with van der Waals surface area (Å²) in [5, 5.41) is 9.99. The Morgan fingerprint density at radius 2 is 2.00 bits per heavy atom. The van der Waals surface area contributed by atoms with Crippen molar-refractivity contribution >= 4 is 5.78 Å². The highest BCUT2D eigenvalue weighted by molar-refractivity contribution is 5.86. The third kappa shape index (κ3) is 3.77. The van der Waals surface area contributed by atoms with E-state index in [4.69, 9.17) is 0 Å². The van der Waals surface area contributed by atoms with Crippen LogP contribution < -0.4 is 0 Å². The summed E-state index contributed by atoms with van der Waals surface area (Å²) in [4.78, 5) is 16.7. The Hall–Kier alpha value is -2.28. The highest BCUT2D eigenvalue weighted by atomic mass is 19.4. The zero-order chi connectivity index (χ0) is 18.9. The fourth-order valence-electron chi connectivity index (χ4n) is 3.42. The van der Waals surface area contributed by atoms with Crippen LogP contribution in [-0.2, 0) is 17.4 Å². The van der Waals surface area contributed by atoms with Crippen LogP contribution >= 0.6 is 0 Å². The van der Waals surface area contributed by atoms with Crippen LogP contribution in [0.2, 0.25) is 0 Å². The maximum atomic E-state index is 13.2. The molecule has 0 fully saturated rings. The molecular weight excluding hydrogens is 350 g/mol. The van der Waals surface area contributed by atoms with Crippen molar-refractivity contribution in [2.45, 2.75) is 43.9 Å². The summed E-state index contributed by atoms with van der Waals surface area (Å²) in [6, 6.07) is 5.87. The molecule has 0 radical (unpaired) electrons. The van der Waals surface area contributed by atoms with E-state index in [2.05, 4.69) is 4.98 Å². The van der Waals surface area contributed by atoms with Gasteiger partial charge in [0, 0.05) is 18.5 Å². The van der Waals surface area contributed by atoms with E-state index >= 15 is 0 Å². The summed E-state index contributed by atoms with van der Waals surface area (Å²) >= 11 is 0. The maximum Gasteiger partial charge on any atom is 0.416 e. The average molecular weight is 367 g/mol. The van der Waals surface area contributed by atoms with Crippen molar-refractivity contribution in [2.75, 3.05) is 0 Å². The fourth-order valence-corrected chi connectivity index (χ4v) is 3.42. The van der Waals surface area contributed by atoms with Crippen LogP contribution in [0.5, 0.6) is 0 Å². The lowest BCUT2D eigenvalue weighted by atomic mass is 9.80. The smallest absolute Gasteiger partial charge is 0.387 e. The first-order valence-electron chi connectivity index (χ1n) is 8.28. The topological polar surface area (TPSA) is 50.2 Å². The Morgan fingerprint density at radius 1 is 1.23 bits per heavy atom. The van der Waals surface area contributed by atoms with Crippen molar-refractivity contribution in [3.8, 4) is 0 Å². The molecule has 0 amide bonds. The lowest BCUT2D eigenvalue weighted by Crippen LogP contribution is -2.22. The van der Waals surface area contributed by atoms with Crippen LogP contribution in [0.1, 0.15) is 53.7 Å². The summed E-state index contributed by atoms with van der Waals surface area (Å²) in [5.74, 6) is -1.66. The fraction of sp³-hybridized carbons (Fsp3) is 0.368. The molecule has 138 valence electrons. The van der Waals surface area contributed by atoms with Crippen LogP contribution in [0.15, 0.2) is 36.5 Å². The minimum Gasteiger partial charge on any atom is -0.387 e. The number of aryl methyl sites for hydroxylation is 1. The molecule has 2 atom stereocenters. The monoisotopic (exact) mass is 367 g/mol. The van der Waals surface area contributed by atoms with Crippen molar-refractivity contribution < 1.29 is 27.5 Å². The van der Waals surface area contributed by atoms with Crippen molar-refractivity contribution in [3.63, 3.8) is 0 Å². The number of rotatable bonds is 4. The van der Waals surface area contributed by atoms with Gasteiger partial charge in [-0.15, -0.1) is 0 Å². The van der Waals surface area contributed by atoms with Gasteiger partial charge >= 0.3 is 6.18 Å². The molecule has 1 aromatic heterocycles. The number of aliphatic hydroxyl groups excluding tert-OH is 1. The summed E-state index contributed by atoms with van der Waals surface area (Å²) < 4.78 is 52.4. The van der Waals surface area contributed by atoms with E-state index in [9.17, 15) is 27.5 Å². The number of nitrogens with zero attached hydrogens (tertiary/aromatic N) is 1. The second-order valence-electron chi connectivity index (χ2n) is 6.39. The van der Waals surface area contributed by atoms with Gasteiger partial charge in [0.2, 0.25) is 0 Å². The zero-order valence-corrected chi connectivity index (χ0v) is 13.8. The number of halogens is 4. The summed E-state index contributed by atoms with van der Waals surface area (Å²) in [6.07, 6.45) is -3.29. The van der Waals surface area contributed by atoms with E-state index in [1.807, 2.05) is 0 Å². The van der Waals surface area contributed by atoms with Crippen LogP contribution in [0.4, 0.5) is 17.6 Å². The van der Waals surface area contributed by atoms with Crippen LogP contribution in [0.25, 0.3) is 0 Å². The third-order valence-electron chi connectivity index (χ3n) is 4.70. The molecule has 0 aliphatic heterocycles. The van der Waals surface area contributed by atoms with E-state index in [-0.39, 0.29) is 24.2 Å². The number of Topliss-reactive ketones (excluding diaryl/α,β-unsaturated/α-hetero) is 1. The van der Waals surface area contributed by atoms with Gasteiger partial charge in [0.15, 0.2) is 0 Å². The molecule has 7 heteroatoms. The van der Waals surface area contributed by atoms with E-state index < -0.39 is 29.6 Å². The predicted molar refractivity (Wildman–Crippen MR) is 85.9 cm³/mol. The normalized spacial score (nSPS) is 19.9. The largest absolute Gasteiger partial charge is 0.416 e. The lowest BCUT2D eigenvalue weighted by molar-refractivity contribution is -0.138. The summed E-state index contributed by atoms with van der Waals surface area (Å²) in [6.45, 7) is 0. The minimum absolute atomic E-state index is 0.0934. The average Bonchev–Trinajstić information content (AvgIpc) is 2.60. The van der Waals surface area contributed by atoms with Gasteiger partial charge in [-0.25, -0.2) is 4.39 Å². The Labute approximate surface area is 147 Å². The quantitative estimate of drug-likeness (QED) is 0.818. The van der Waals surface area contributed by atoms with Gasteiger partial charge < -0.3 is 5.11 Å². The number of ketones is 1. The van der Waals surface area contributed by atoms with Crippen molar-refractivity contribution in [3.05, 3.63) is 64.7 Å². The van der Waals surface area contributed by atoms with Gasteiger partial charge in [0.25, 0.3) is 0 Å². The van der Waals surface area contributed by atoms with Crippen molar-refractivity contribution in [2.24, 2.45) is 0 Å². The SMILES string of the molecule is O=C(CCc1ccc(F)cc1C(F)(F)F)[C@H]1CC[C@H](O)c2ncccc21. The number of aromatic nitrogens is 1. The predicted octanol–water partition coefficient (Wildman–Crippen LogP) is 4.35. The Balaban J connectivity index is 1.78. The molecule has 1 aliphatic carbocycles. The molecule has 26 heavy (non-hydrogen) atoms. The minimum atomic E-state index is -4.67. The Bertz CT molecular complexity index is 819. The second kappa shape index (κ2) is 7.15. The van der Waals surface area contributed by atoms with E-state index in [0.717, 1.165) is 12.1 Å². The Morgan fingerprint density at radius 3 is 2.73 bits per heavy atom. The van der Waals surface area contributed by atoms with Gasteiger partial charge in [-0.2, -0.15) is 13.2 Å². The van der Waals surface area contributed by atoms with Crippen molar-refractivity contribution in [1.82, 2.24) is 4.98 Å². The third-order valence-corrected chi connectivity index (χ3v) is 4.70. The first kappa shape index (κ1) is 18.5. The molecule has 0 bridgehead atoms. The number of carbonyl (C=O) groups excluding carboxylic acids is 1. The number of alkyl halides is 3. The number of pyridine rings is 1. The molecule has 3 rings (SSSR count). The zero-order valence-electron chi connectivity index (χ0n) is 13.8. The molecule has 2 aromatic rings. The molecule has 1 heterocycles. The number of carbonyl (C=O) groups is 1. The number of hydrogen-bond acceptors (Lipinski definition) is 3. The molecule has 1 aromatic carbocycles. The standard InChI is InChI=1S/C19H17F4NO2/c20-12-5-3-11(15(10-12)19(21,22)23)4-7-16(25)13-6-8-17(26)18-14(13)2-1-9-24-18/h1-3,5,9-10,13,17,26H,4,6-8H2/t13-,17-/m0/s1. The first-order chi connectivity index (χ1) is 12.3. The molecule has 0 saturated carbocycles. The van der Waals surface area contributed by atoms with Gasteiger partial charge in [0.05, 0.1) is 17.4 Å². The second-order valence-corrected chi connectivity index (χ2v) is 6.39. The lowest BCUT2D eigenvalue weighted by Gasteiger charge is -2.27. The maximum absolute atomic E-state index is 13.2. The highest BCUT2D eigenvalue weighted by Gasteiger charge is 2.35. The molecule has 1 aliphatic rings. The van der Waals surface area contributed by atoms with Gasteiger partial charge in [0.1, 0.15) is 11.6 Å². The van der Waals surface area contributed by atoms with E-state index in [0.29, 0.717) is 30.2 Å². The first-order valence-corrected chi connectivity index (χ1v) is 8.28. The van der Waals surface area contributed by atoms with Crippen LogP contribution in [0.3, 0.4) is 0 Å². The van der Waals surface area contributed by atoms with Crippen LogP contribution in [-0.4, -0.2) is 15.9 Å². The van der Waals surface area contributed by atoms with Gasteiger partial charge in [-0.05, 0) is 48.6 Å². The van der Waals surface area contributed by atoms with E-state index in [1.54, 1.807) is 12.1 Å². The molecule has 1 N–H and O–H groups in total. The van der Waals surface area contributed by atoms with Crippen molar-refractivity contribution in [1.29, 1.82) is 0 Å².